The van der Waals surface area contributed by atoms with Gasteiger partial charge in [0.15, 0.2) is 9.84 Å². The summed E-state index contributed by atoms with van der Waals surface area (Å²) in [5.74, 6) is 0.438. The average Bonchev–Trinajstić information content (AvgIpc) is 3.32. The molecule has 1 N–H and O–H groups in total. The fourth-order valence-electron chi connectivity index (χ4n) is 3.76. The third-order valence-corrected chi connectivity index (χ3v) is 6.74. The van der Waals surface area contributed by atoms with Crippen LogP contribution in [0, 0.1) is 0 Å². The highest BCUT2D eigenvalue weighted by Crippen LogP contribution is 2.21. The summed E-state index contributed by atoms with van der Waals surface area (Å²) in [5, 5.41) is 11.8. The molecule has 0 spiro atoms. The smallest absolute Gasteiger partial charge is 0.267 e. The molecule has 3 heterocycles. The van der Waals surface area contributed by atoms with Crippen molar-refractivity contribution < 1.29 is 8.42 Å². The molecule has 0 saturated heterocycles. The predicted octanol–water partition coefficient (Wildman–Crippen LogP) is 3.30. The molecule has 37 heavy (non-hydrogen) atoms. The first-order chi connectivity index (χ1) is 17.7. The highest BCUT2D eigenvalue weighted by Gasteiger charge is 2.11. The molecule has 0 atom stereocenters. The molecule has 0 aliphatic heterocycles. The second kappa shape index (κ2) is 9.78. The zero-order valence-electron chi connectivity index (χ0n) is 20.1. The maximum Gasteiger partial charge on any atom is 0.267 e. The molecular formula is C26H23N7O3S. The first-order valence-corrected chi connectivity index (χ1v) is 13.2. The van der Waals surface area contributed by atoms with E-state index >= 15 is 0 Å². The van der Waals surface area contributed by atoms with Crippen molar-refractivity contribution in [2.24, 2.45) is 7.05 Å². The lowest BCUT2D eigenvalue weighted by atomic mass is 10.1. The third kappa shape index (κ3) is 5.62. The Morgan fingerprint density at radius 3 is 2.41 bits per heavy atom. The summed E-state index contributed by atoms with van der Waals surface area (Å²) in [6, 6.07) is 17.0. The number of benzene rings is 2. The van der Waals surface area contributed by atoms with Crippen LogP contribution >= 0.6 is 0 Å². The van der Waals surface area contributed by atoms with Gasteiger partial charge in [0.25, 0.3) is 5.56 Å². The first kappa shape index (κ1) is 24.1. The number of aryl methyl sites for hydroxylation is 1. The number of hydrogen-bond donors (Lipinski definition) is 1. The molecule has 0 unspecified atom stereocenters. The molecule has 186 valence electrons. The van der Waals surface area contributed by atoms with Crippen LogP contribution in [0.25, 0.3) is 22.4 Å². The monoisotopic (exact) mass is 513 g/mol. The standard InChI is InChI=1S/C26H23N7O3S/c1-32-17-21(15-29-32)20-13-27-26(28-14-20)30-22-7-3-5-18(11-22)16-33-25(34)10-9-24(31-33)19-6-4-8-23(12-19)37(2,35)36/h3-15,17H,16H2,1-2H3,(H,27,28,30). The summed E-state index contributed by atoms with van der Waals surface area (Å²) in [4.78, 5) is 21.5. The van der Waals surface area contributed by atoms with Crippen LogP contribution in [0.15, 0.2) is 95.1 Å². The average molecular weight is 514 g/mol. The highest BCUT2D eigenvalue weighted by atomic mass is 32.2. The van der Waals surface area contributed by atoms with Crippen molar-refractivity contribution in [1.29, 1.82) is 0 Å². The summed E-state index contributed by atoms with van der Waals surface area (Å²) < 4.78 is 26.9. The number of rotatable bonds is 7. The van der Waals surface area contributed by atoms with Crippen molar-refractivity contribution in [2.75, 3.05) is 11.6 Å². The molecule has 11 heteroatoms. The van der Waals surface area contributed by atoms with E-state index in [0.29, 0.717) is 17.2 Å². The van der Waals surface area contributed by atoms with Crippen LogP contribution in [0.5, 0.6) is 0 Å². The maximum atomic E-state index is 12.5. The number of anilines is 2. The molecule has 0 amide bonds. The van der Waals surface area contributed by atoms with E-state index in [1.807, 2.05) is 37.5 Å². The van der Waals surface area contributed by atoms with Gasteiger partial charge in [-0.1, -0.05) is 24.3 Å². The molecule has 0 saturated carbocycles. The van der Waals surface area contributed by atoms with Gasteiger partial charge in [0.05, 0.1) is 23.3 Å². The van der Waals surface area contributed by atoms with Crippen molar-refractivity contribution >= 4 is 21.5 Å². The van der Waals surface area contributed by atoms with Crippen LogP contribution in [-0.2, 0) is 23.4 Å². The lowest BCUT2D eigenvalue weighted by molar-refractivity contribution is 0.602. The number of aromatic nitrogens is 6. The van der Waals surface area contributed by atoms with E-state index in [1.165, 1.54) is 16.8 Å². The Bertz CT molecular complexity index is 1740. The van der Waals surface area contributed by atoms with Crippen LogP contribution in [0.4, 0.5) is 11.6 Å². The van der Waals surface area contributed by atoms with E-state index in [1.54, 1.807) is 47.5 Å². The van der Waals surface area contributed by atoms with E-state index in [4.69, 9.17) is 0 Å². The van der Waals surface area contributed by atoms with Gasteiger partial charge in [-0.25, -0.2) is 23.1 Å². The Kier molecular flexibility index (Phi) is 6.36. The fraction of sp³-hybridized carbons (Fsp3) is 0.115. The van der Waals surface area contributed by atoms with Crippen molar-refractivity contribution in [3.8, 4) is 22.4 Å². The first-order valence-electron chi connectivity index (χ1n) is 11.3. The van der Waals surface area contributed by atoms with Crippen LogP contribution in [0.3, 0.4) is 0 Å². The number of sulfone groups is 1. The summed E-state index contributed by atoms with van der Waals surface area (Å²) >= 11 is 0. The van der Waals surface area contributed by atoms with Crippen molar-refractivity contribution in [1.82, 2.24) is 29.5 Å². The molecule has 3 aromatic heterocycles. The normalized spacial score (nSPS) is 11.4. The van der Waals surface area contributed by atoms with Gasteiger partial charge < -0.3 is 5.32 Å². The topological polar surface area (TPSA) is 125 Å². The minimum absolute atomic E-state index is 0.194. The minimum Gasteiger partial charge on any atom is -0.324 e. The second-order valence-electron chi connectivity index (χ2n) is 8.54. The van der Waals surface area contributed by atoms with E-state index < -0.39 is 9.84 Å². The van der Waals surface area contributed by atoms with Gasteiger partial charge in [0, 0.05) is 60.3 Å². The van der Waals surface area contributed by atoms with E-state index in [9.17, 15) is 13.2 Å². The van der Waals surface area contributed by atoms with Gasteiger partial charge in [-0.3, -0.25) is 9.48 Å². The van der Waals surface area contributed by atoms with Gasteiger partial charge in [-0.15, -0.1) is 0 Å². The summed E-state index contributed by atoms with van der Waals surface area (Å²) in [5.41, 5.74) is 4.24. The molecule has 5 rings (SSSR count). The molecule has 0 aliphatic rings. The van der Waals surface area contributed by atoms with Crippen molar-refractivity contribution in [2.45, 2.75) is 11.4 Å². The number of nitrogens with one attached hydrogen (secondary N) is 1. The van der Waals surface area contributed by atoms with Crippen molar-refractivity contribution in [3.63, 3.8) is 0 Å². The number of nitrogens with zero attached hydrogens (tertiary/aromatic N) is 6. The fourth-order valence-corrected chi connectivity index (χ4v) is 4.43. The Morgan fingerprint density at radius 1 is 0.892 bits per heavy atom. The Morgan fingerprint density at radius 2 is 1.68 bits per heavy atom. The lowest BCUT2D eigenvalue weighted by Gasteiger charge is -2.10. The van der Waals surface area contributed by atoms with Gasteiger partial charge >= 0.3 is 0 Å². The minimum atomic E-state index is -3.36. The summed E-state index contributed by atoms with van der Waals surface area (Å²) in [6.45, 7) is 0.231. The van der Waals surface area contributed by atoms with Crippen LogP contribution in [0.2, 0.25) is 0 Å². The summed E-state index contributed by atoms with van der Waals surface area (Å²) in [7, 11) is -1.51. The van der Waals surface area contributed by atoms with E-state index in [2.05, 4.69) is 25.5 Å². The molecule has 0 bridgehead atoms. The number of hydrogen-bond acceptors (Lipinski definition) is 8. The zero-order valence-corrected chi connectivity index (χ0v) is 20.9. The van der Waals surface area contributed by atoms with Gasteiger partial charge in [-0.05, 0) is 35.9 Å². The molecule has 2 aromatic carbocycles. The van der Waals surface area contributed by atoms with Crippen LogP contribution in [-0.4, -0.2) is 44.2 Å². The SMILES string of the molecule is Cn1cc(-c2cnc(Nc3cccc(Cn4nc(-c5cccc(S(C)(=O)=O)c5)ccc4=O)c3)nc2)cn1. The summed E-state index contributed by atoms with van der Waals surface area (Å²) in [6.07, 6.45) is 8.25. The second-order valence-corrected chi connectivity index (χ2v) is 10.6. The maximum absolute atomic E-state index is 12.5. The lowest BCUT2D eigenvalue weighted by Crippen LogP contribution is -2.22. The van der Waals surface area contributed by atoms with Gasteiger partial charge in [0.2, 0.25) is 5.95 Å². The van der Waals surface area contributed by atoms with Gasteiger partial charge in [0.1, 0.15) is 0 Å². The zero-order chi connectivity index (χ0) is 26.0. The molecule has 10 nitrogen and oxygen atoms in total. The van der Waals surface area contributed by atoms with Crippen LogP contribution < -0.4 is 10.9 Å². The third-order valence-electron chi connectivity index (χ3n) is 5.63. The van der Waals surface area contributed by atoms with Crippen LogP contribution in [0.1, 0.15) is 5.56 Å². The molecule has 0 radical (unpaired) electrons. The predicted molar refractivity (Wildman–Crippen MR) is 140 cm³/mol. The molecule has 5 aromatic rings. The Labute approximate surface area is 213 Å². The van der Waals surface area contributed by atoms with Crippen molar-refractivity contribution in [3.05, 3.63) is 101 Å². The molecule has 0 aliphatic carbocycles. The Hall–Kier alpha value is -4.64. The molecular weight excluding hydrogens is 490 g/mol. The van der Waals surface area contributed by atoms with E-state index in [-0.39, 0.29) is 17.0 Å². The Balaban J connectivity index is 1.35. The largest absolute Gasteiger partial charge is 0.324 e. The highest BCUT2D eigenvalue weighted by molar-refractivity contribution is 7.90. The van der Waals surface area contributed by atoms with Gasteiger partial charge in [-0.2, -0.15) is 10.2 Å². The van der Waals surface area contributed by atoms with E-state index in [0.717, 1.165) is 28.6 Å². The molecule has 0 fully saturated rings. The quantitative estimate of drug-likeness (QED) is 0.352.